The summed E-state index contributed by atoms with van der Waals surface area (Å²) in [6, 6.07) is 7.67. The van der Waals surface area contributed by atoms with Crippen LogP contribution >= 0.6 is 0 Å². The van der Waals surface area contributed by atoms with Crippen LogP contribution in [0.4, 0.5) is 4.79 Å². The highest BCUT2D eigenvalue weighted by Crippen LogP contribution is 2.12. The standard InChI is InChI=1S/C16H20N2O3/c1-17(16(20)18-8-11-21-12-9-18)13-15-6-3-2-5-14(15)7-4-10-19/h2-3,5-6,19H,8-13H2,1H3. The third-order valence-corrected chi connectivity index (χ3v) is 3.34. The van der Waals surface area contributed by atoms with Crippen LogP contribution < -0.4 is 0 Å². The molecule has 1 aliphatic heterocycles. The first kappa shape index (κ1) is 15.4. The van der Waals surface area contributed by atoms with Gasteiger partial charge in [0.25, 0.3) is 0 Å². The van der Waals surface area contributed by atoms with Crippen LogP contribution in [0.15, 0.2) is 24.3 Å². The molecule has 5 nitrogen and oxygen atoms in total. The second-order valence-electron chi connectivity index (χ2n) is 4.86. The van der Waals surface area contributed by atoms with Crippen molar-refractivity contribution in [3.05, 3.63) is 35.4 Å². The number of ether oxygens (including phenoxy) is 1. The Bertz CT molecular complexity index is 542. The quantitative estimate of drug-likeness (QED) is 0.823. The second-order valence-corrected chi connectivity index (χ2v) is 4.86. The van der Waals surface area contributed by atoms with Gasteiger partial charge in [-0.2, -0.15) is 0 Å². The number of benzene rings is 1. The van der Waals surface area contributed by atoms with Crippen LogP contribution in [-0.2, 0) is 11.3 Å². The van der Waals surface area contributed by atoms with Gasteiger partial charge in [-0.15, -0.1) is 0 Å². The Morgan fingerprint density at radius 2 is 2.10 bits per heavy atom. The maximum Gasteiger partial charge on any atom is 0.320 e. The largest absolute Gasteiger partial charge is 0.384 e. The fraction of sp³-hybridized carbons (Fsp3) is 0.438. The zero-order valence-corrected chi connectivity index (χ0v) is 12.2. The van der Waals surface area contributed by atoms with Gasteiger partial charge in [0.15, 0.2) is 0 Å². The van der Waals surface area contributed by atoms with Crippen molar-refractivity contribution in [1.82, 2.24) is 9.80 Å². The average Bonchev–Trinajstić information content (AvgIpc) is 2.54. The van der Waals surface area contributed by atoms with Crippen molar-refractivity contribution in [2.24, 2.45) is 0 Å². The number of urea groups is 1. The Balaban J connectivity index is 2.05. The monoisotopic (exact) mass is 288 g/mol. The molecule has 1 N–H and O–H groups in total. The van der Waals surface area contributed by atoms with Gasteiger partial charge in [0.05, 0.1) is 13.2 Å². The molecule has 0 radical (unpaired) electrons. The van der Waals surface area contributed by atoms with Crippen molar-refractivity contribution in [2.45, 2.75) is 6.54 Å². The minimum absolute atomic E-state index is 0.00298. The first-order chi connectivity index (χ1) is 10.2. The molecule has 21 heavy (non-hydrogen) atoms. The number of hydrogen-bond acceptors (Lipinski definition) is 3. The van der Waals surface area contributed by atoms with E-state index in [4.69, 9.17) is 9.84 Å². The van der Waals surface area contributed by atoms with Crippen molar-refractivity contribution in [3.63, 3.8) is 0 Å². The summed E-state index contributed by atoms with van der Waals surface area (Å²) in [6.45, 7) is 2.78. The van der Waals surface area contributed by atoms with E-state index < -0.39 is 0 Å². The molecule has 0 aromatic heterocycles. The van der Waals surface area contributed by atoms with E-state index in [2.05, 4.69) is 11.8 Å². The summed E-state index contributed by atoms with van der Waals surface area (Å²) in [5.74, 6) is 5.56. The topological polar surface area (TPSA) is 53.0 Å². The average molecular weight is 288 g/mol. The Morgan fingerprint density at radius 3 is 2.81 bits per heavy atom. The van der Waals surface area contributed by atoms with Gasteiger partial charge in [-0.05, 0) is 11.6 Å². The number of nitrogens with zero attached hydrogens (tertiary/aromatic N) is 2. The van der Waals surface area contributed by atoms with E-state index in [9.17, 15) is 4.79 Å². The molecule has 112 valence electrons. The molecule has 1 saturated heterocycles. The molecule has 1 heterocycles. The van der Waals surface area contributed by atoms with Gasteiger partial charge in [-0.1, -0.05) is 30.0 Å². The Kier molecular flexibility index (Phi) is 5.61. The highest BCUT2D eigenvalue weighted by atomic mass is 16.5. The number of aliphatic hydroxyl groups excluding tert-OH is 1. The number of hydrogen-bond donors (Lipinski definition) is 1. The molecule has 1 aromatic rings. The SMILES string of the molecule is CN(Cc1ccccc1C#CCO)C(=O)N1CCOCC1. The molecule has 0 unspecified atom stereocenters. The molecule has 2 rings (SSSR count). The third-order valence-electron chi connectivity index (χ3n) is 3.34. The van der Waals surface area contributed by atoms with E-state index in [1.807, 2.05) is 24.3 Å². The van der Waals surface area contributed by atoms with Crippen molar-refractivity contribution >= 4 is 6.03 Å². The van der Waals surface area contributed by atoms with Crippen molar-refractivity contribution < 1.29 is 14.6 Å². The third kappa shape index (κ3) is 4.22. The maximum atomic E-state index is 12.3. The first-order valence-corrected chi connectivity index (χ1v) is 6.98. The van der Waals surface area contributed by atoms with Crippen molar-refractivity contribution in [2.75, 3.05) is 40.0 Å². The van der Waals surface area contributed by atoms with Gasteiger partial charge in [-0.25, -0.2) is 4.79 Å². The normalized spacial score (nSPS) is 14.3. The molecule has 5 heteroatoms. The van der Waals surface area contributed by atoms with Crippen LogP contribution in [-0.4, -0.2) is 60.9 Å². The van der Waals surface area contributed by atoms with Gasteiger partial charge in [0.2, 0.25) is 0 Å². The van der Waals surface area contributed by atoms with Gasteiger partial charge in [-0.3, -0.25) is 0 Å². The minimum atomic E-state index is -0.170. The lowest BCUT2D eigenvalue weighted by Crippen LogP contribution is -2.46. The molecule has 0 bridgehead atoms. The fourth-order valence-corrected chi connectivity index (χ4v) is 2.23. The van der Waals surface area contributed by atoms with Gasteiger partial charge in [0.1, 0.15) is 6.61 Å². The molecule has 2 amide bonds. The van der Waals surface area contributed by atoms with E-state index in [1.54, 1.807) is 16.8 Å². The molecular formula is C16H20N2O3. The van der Waals surface area contributed by atoms with Crippen molar-refractivity contribution in [3.8, 4) is 11.8 Å². The molecule has 0 spiro atoms. The van der Waals surface area contributed by atoms with Crippen molar-refractivity contribution in [1.29, 1.82) is 0 Å². The Morgan fingerprint density at radius 1 is 1.38 bits per heavy atom. The highest BCUT2D eigenvalue weighted by molar-refractivity contribution is 5.74. The molecule has 0 aliphatic carbocycles. The predicted molar refractivity (Wildman–Crippen MR) is 79.7 cm³/mol. The van der Waals surface area contributed by atoms with Gasteiger partial charge in [0, 0.05) is 32.2 Å². The van der Waals surface area contributed by atoms with Crippen LogP contribution in [0, 0.1) is 11.8 Å². The minimum Gasteiger partial charge on any atom is -0.384 e. The van der Waals surface area contributed by atoms with E-state index in [0.717, 1.165) is 11.1 Å². The number of carbonyl (C=O) groups excluding carboxylic acids is 1. The van der Waals surface area contributed by atoms with Crippen LogP contribution in [0.2, 0.25) is 0 Å². The summed E-state index contributed by atoms with van der Waals surface area (Å²) in [6.07, 6.45) is 0. The van der Waals surface area contributed by atoms with E-state index in [0.29, 0.717) is 32.8 Å². The molecule has 0 saturated carbocycles. The van der Waals surface area contributed by atoms with Crippen LogP contribution in [0.25, 0.3) is 0 Å². The molecule has 1 fully saturated rings. The number of amides is 2. The fourth-order valence-electron chi connectivity index (χ4n) is 2.23. The molecular weight excluding hydrogens is 268 g/mol. The zero-order chi connectivity index (χ0) is 15.1. The number of morpholine rings is 1. The summed E-state index contributed by atoms with van der Waals surface area (Å²) in [7, 11) is 1.79. The summed E-state index contributed by atoms with van der Waals surface area (Å²) >= 11 is 0. The number of rotatable bonds is 2. The first-order valence-electron chi connectivity index (χ1n) is 6.98. The smallest absolute Gasteiger partial charge is 0.320 e. The predicted octanol–water partition coefficient (Wildman–Crippen LogP) is 0.914. The molecule has 1 aromatic carbocycles. The molecule has 0 atom stereocenters. The lowest BCUT2D eigenvalue weighted by atomic mass is 10.1. The Labute approximate surface area is 125 Å². The van der Waals surface area contributed by atoms with E-state index >= 15 is 0 Å². The Hall–Kier alpha value is -2.03. The van der Waals surface area contributed by atoms with Crippen LogP contribution in [0.1, 0.15) is 11.1 Å². The number of carbonyl (C=O) groups is 1. The maximum absolute atomic E-state index is 12.3. The summed E-state index contributed by atoms with van der Waals surface area (Å²) in [4.78, 5) is 15.8. The van der Waals surface area contributed by atoms with E-state index in [1.165, 1.54) is 0 Å². The summed E-state index contributed by atoms with van der Waals surface area (Å²) in [5.41, 5.74) is 1.82. The summed E-state index contributed by atoms with van der Waals surface area (Å²) < 4.78 is 5.26. The second kappa shape index (κ2) is 7.67. The zero-order valence-electron chi connectivity index (χ0n) is 12.2. The van der Waals surface area contributed by atoms with Crippen LogP contribution in [0.3, 0.4) is 0 Å². The van der Waals surface area contributed by atoms with E-state index in [-0.39, 0.29) is 12.6 Å². The lowest BCUT2D eigenvalue weighted by Gasteiger charge is -2.31. The van der Waals surface area contributed by atoms with Gasteiger partial charge < -0.3 is 19.6 Å². The number of aliphatic hydroxyl groups is 1. The summed E-state index contributed by atoms with van der Waals surface area (Å²) in [5, 5.41) is 8.80. The highest BCUT2D eigenvalue weighted by Gasteiger charge is 2.20. The lowest BCUT2D eigenvalue weighted by molar-refractivity contribution is 0.0448. The molecule has 1 aliphatic rings. The van der Waals surface area contributed by atoms with Crippen LogP contribution in [0.5, 0.6) is 0 Å². The van der Waals surface area contributed by atoms with Gasteiger partial charge >= 0.3 is 6.03 Å².